The third-order valence-electron chi connectivity index (χ3n) is 4.11. The Morgan fingerprint density at radius 1 is 1.19 bits per heavy atom. The van der Waals surface area contributed by atoms with Crippen LogP contribution in [0.3, 0.4) is 0 Å². The lowest BCUT2D eigenvalue weighted by molar-refractivity contribution is -0.154. The average molecular weight is 269 g/mol. The number of hydrogen-bond acceptors (Lipinski definition) is 4. The van der Waals surface area contributed by atoms with Gasteiger partial charge in [-0.1, -0.05) is 13.8 Å². The summed E-state index contributed by atoms with van der Waals surface area (Å²) < 4.78 is 8.51. The smallest absolute Gasteiger partial charge is 0.331 e. The zero-order valence-corrected chi connectivity index (χ0v) is 10.9. The second kappa shape index (κ2) is 4.41. The molecule has 1 fully saturated rings. The molecule has 2 atom stereocenters. The number of halogens is 2. The quantitative estimate of drug-likeness (QED) is 0.773. The molecule has 1 aliphatic carbocycles. The third kappa shape index (κ3) is 1.78. The van der Waals surface area contributed by atoms with Gasteiger partial charge in [0.1, 0.15) is 23.7 Å². The van der Waals surface area contributed by atoms with Gasteiger partial charge in [-0.2, -0.15) is 0 Å². The first-order chi connectivity index (χ1) is 7.31. The van der Waals surface area contributed by atoms with Gasteiger partial charge < -0.3 is 8.58 Å². The first kappa shape index (κ1) is 13.6. The van der Waals surface area contributed by atoms with Gasteiger partial charge in [0.15, 0.2) is 0 Å². The molecule has 0 N–H and O–H groups in total. The molecule has 0 aromatic rings. The van der Waals surface area contributed by atoms with Gasteiger partial charge in [0, 0.05) is 0 Å². The highest BCUT2D eigenvalue weighted by molar-refractivity contribution is 6.14. The molecule has 92 valence electrons. The molecule has 0 amide bonds. The van der Waals surface area contributed by atoms with E-state index in [-0.39, 0.29) is 0 Å². The Hall–Kier alpha value is -0.480. The van der Waals surface area contributed by atoms with E-state index < -0.39 is 28.7 Å². The van der Waals surface area contributed by atoms with Gasteiger partial charge in [0.05, 0.1) is 11.3 Å². The lowest BCUT2D eigenvalue weighted by Crippen LogP contribution is -2.42. The monoisotopic (exact) mass is 268 g/mol. The standard InChI is InChI=1S/C10H14Cl2O4/c1-9(2)6(7(13)15-11)4-5-10(9,3)8(14)16-12/h6H,4-5H2,1-3H3/t6-,10+/m0/s1. The van der Waals surface area contributed by atoms with E-state index in [4.69, 9.17) is 23.7 Å². The Labute approximate surface area is 105 Å². The summed E-state index contributed by atoms with van der Waals surface area (Å²) in [4.78, 5) is 23.2. The first-order valence-corrected chi connectivity index (χ1v) is 5.58. The molecule has 0 heterocycles. The fourth-order valence-corrected chi connectivity index (χ4v) is 2.69. The van der Waals surface area contributed by atoms with Gasteiger partial charge in [0.25, 0.3) is 0 Å². The van der Waals surface area contributed by atoms with E-state index in [1.807, 2.05) is 13.8 Å². The highest BCUT2D eigenvalue weighted by Gasteiger charge is 2.59. The molecule has 1 saturated carbocycles. The van der Waals surface area contributed by atoms with Crippen LogP contribution in [0, 0.1) is 16.7 Å². The van der Waals surface area contributed by atoms with Crippen LogP contribution < -0.4 is 0 Å². The molecular formula is C10H14Cl2O4. The molecule has 16 heavy (non-hydrogen) atoms. The van der Waals surface area contributed by atoms with Crippen molar-refractivity contribution in [3.8, 4) is 0 Å². The molecule has 0 saturated heterocycles. The van der Waals surface area contributed by atoms with Crippen LogP contribution >= 0.6 is 23.7 Å². The summed E-state index contributed by atoms with van der Waals surface area (Å²) >= 11 is 10.2. The van der Waals surface area contributed by atoms with Gasteiger partial charge in [-0.3, -0.25) is 4.79 Å². The van der Waals surface area contributed by atoms with Crippen molar-refractivity contribution in [2.24, 2.45) is 16.7 Å². The van der Waals surface area contributed by atoms with E-state index in [0.29, 0.717) is 12.8 Å². The van der Waals surface area contributed by atoms with Gasteiger partial charge in [-0.15, -0.1) is 0 Å². The van der Waals surface area contributed by atoms with Crippen LogP contribution in [0.15, 0.2) is 0 Å². The van der Waals surface area contributed by atoms with Crippen LogP contribution in [0.5, 0.6) is 0 Å². The predicted molar refractivity (Wildman–Crippen MR) is 58.5 cm³/mol. The molecule has 1 rings (SSSR count). The fraction of sp³-hybridized carbons (Fsp3) is 0.800. The Morgan fingerprint density at radius 2 is 1.75 bits per heavy atom. The van der Waals surface area contributed by atoms with Crippen molar-refractivity contribution in [1.82, 2.24) is 0 Å². The molecule has 0 unspecified atom stereocenters. The highest BCUT2D eigenvalue weighted by atomic mass is 35.5. The van der Waals surface area contributed by atoms with Crippen molar-refractivity contribution in [2.75, 3.05) is 0 Å². The van der Waals surface area contributed by atoms with Gasteiger partial charge >= 0.3 is 11.9 Å². The van der Waals surface area contributed by atoms with Crippen molar-refractivity contribution in [3.05, 3.63) is 0 Å². The Morgan fingerprint density at radius 3 is 2.19 bits per heavy atom. The molecular weight excluding hydrogens is 255 g/mol. The second-order valence-electron chi connectivity index (χ2n) is 4.91. The summed E-state index contributed by atoms with van der Waals surface area (Å²) in [5.74, 6) is -1.47. The third-order valence-corrected chi connectivity index (χ3v) is 4.40. The van der Waals surface area contributed by atoms with Crippen LogP contribution in [0.2, 0.25) is 0 Å². The molecule has 0 spiro atoms. The van der Waals surface area contributed by atoms with Crippen LogP contribution in [0.1, 0.15) is 33.6 Å². The molecule has 0 aromatic heterocycles. The Kier molecular flexibility index (Phi) is 3.75. The lowest BCUT2D eigenvalue weighted by atomic mass is 9.66. The van der Waals surface area contributed by atoms with E-state index in [0.717, 1.165) is 0 Å². The zero-order chi connectivity index (χ0) is 12.6. The number of rotatable bonds is 2. The van der Waals surface area contributed by atoms with Crippen molar-refractivity contribution >= 4 is 35.7 Å². The molecule has 0 aromatic carbocycles. The van der Waals surface area contributed by atoms with E-state index in [9.17, 15) is 9.59 Å². The van der Waals surface area contributed by atoms with E-state index >= 15 is 0 Å². The molecule has 0 aliphatic heterocycles. The maximum Gasteiger partial charge on any atom is 0.331 e. The maximum absolute atomic E-state index is 11.7. The molecule has 6 heteroatoms. The van der Waals surface area contributed by atoms with E-state index in [2.05, 4.69) is 8.58 Å². The number of hydrogen-bond donors (Lipinski definition) is 0. The Balaban J connectivity index is 3.03. The van der Waals surface area contributed by atoms with Crippen molar-refractivity contribution in [3.63, 3.8) is 0 Å². The normalized spacial score (nSPS) is 32.2. The highest BCUT2D eigenvalue weighted by Crippen LogP contribution is 2.57. The maximum atomic E-state index is 11.7. The van der Waals surface area contributed by atoms with Crippen LogP contribution in [-0.2, 0) is 18.2 Å². The molecule has 1 aliphatic rings. The van der Waals surface area contributed by atoms with E-state index in [1.165, 1.54) is 0 Å². The van der Waals surface area contributed by atoms with Gasteiger partial charge in [0.2, 0.25) is 0 Å². The van der Waals surface area contributed by atoms with Crippen molar-refractivity contribution in [1.29, 1.82) is 0 Å². The summed E-state index contributed by atoms with van der Waals surface area (Å²) in [6.45, 7) is 5.36. The first-order valence-electron chi connectivity index (χ1n) is 4.96. The van der Waals surface area contributed by atoms with Gasteiger partial charge in [-0.25, -0.2) is 4.79 Å². The Bertz CT molecular complexity index is 316. The fourth-order valence-electron chi connectivity index (χ4n) is 2.42. The summed E-state index contributed by atoms with van der Waals surface area (Å²) in [7, 11) is 0. The summed E-state index contributed by atoms with van der Waals surface area (Å²) in [6, 6.07) is 0. The van der Waals surface area contributed by atoms with E-state index in [1.54, 1.807) is 6.92 Å². The SMILES string of the molecule is CC1(C)[C@H](C(=O)OCl)CC[C@]1(C)C(=O)OCl. The number of carbonyl (C=O) groups is 2. The van der Waals surface area contributed by atoms with Crippen molar-refractivity contribution < 1.29 is 18.2 Å². The summed E-state index contributed by atoms with van der Waals surface area (Å²) in [5, 5.41) is 0. The number of carbonyl (C=O) groups excluding carboxylic acids is 2. The summed E-state index contributed by atoms with van der Waals surface area (Å²) in [6.07, 6.45) is 1.04. The molecule has 0 radical (unpaired) electrons. The van der Waals surface area contributed by atoms with Crippen LogP contribution in [-0.4, -0.2) is 11.9 Å². The minimum absolute atomic E-state index is 0.425. The average Bonchev–Trinajstić information content (AvgIpc) is 2.49. The summed E-state index contributed by atoms with van der Waals surface area (Å²) in [5.41, 5.74) is -1.41. The van der Waals surface area contributed by atoms with Crippen LogP contribution in [0.25, 0.3) is 0 Å². The minimum Gasteiger partial charge on any atom is -0.347 e. The predicted octanol–water partition coefficient (Wildman–Crippen LogP) is 2.82. The molecule has 4 nitrogen and oxygen atoms in total. The lowest BCUT2D eigenvalue weighted by Gasteiger charge is -2.37. The molecule has 0 bridgehead atoms. The zero-order valence-electron chi connectivity index (χ0n) is 9.38. The largest absolute Gasteiger partial charge is 0.347 e. The van der Waals surface area contributed by atoms with Crippen molar-refractivity contribution in [2.45, 2.75) is 33.6 Å². The minimum atomic E-state index is -0.801. The van der Waals surface area contributed by atoms with Gasteiger partial charge in [-0.05, 0) is 25.2 Å². The van der Waals surface area contributed by atoms with Crippen LogP contribution in [0.4, 0.5) is 0 Å². The topological polar surface area (TPSA) is 52.6 Å². The second-order valence-corrected chi connectivity index (χ2v) is 5.21.